The average Bonchev–Trinajstić information content (AvgIpc) is 3.07. The highest BCUT2D eigenvalue weighted by molar-refractivity contribution is 5.88. The van der Waals surface area contributed by atoms with Crippen LogP contribution in [0.1, 0.15) is 24.6 Å². The van der Waals surface area contributed by atoms with E-state index in [1.54, 1.807) is 16.8 Å². The van der Waals surface area contributed by atoms with Gasteiger partial charge in [0.2, 0.25) is 5.69 Å². The van der Waals surface area contributed by atoms with Gasteiger partial charge in [-0.1, -0.05) is 46.3 Å². The molecule has 0 atom stereocenters. The Bertz CT molecular complexity index is 1020. The highest BCUT2D eigenvalue weighted by Crippen LogP contribution is 2.17. The van der Waals surface area contributed by atoms with Crippen LogP contribution in [0.3, 0.4) is 0 Å². The lowest BCUT2D eigenvalue weighted by atomic mass is 10.1. The van der Waals surface area contributed by atoms with Crippen LogP contribution in [0.25, 0.3) is 5.69 Å². The molecule has 1 aromatic heterocycles. The van der Waals surface area contributed by atoms with Crippen molar-refractivity contribution in [2.45, 2.75) is 18.9 Å². The van der Waals surface area contributed by atoms with E-state index in [0.29, 0.717) is 11.4 Å². The summed E-state index contributed by atoms with van der Waals surface area (Å²) >= 11 is 0. The van der Waals surface area contributed by atoms with Crippen LogP contribution >= 0.6 is 0 Å². The highest BCUT2D eigenvalue weighted by atomic mass is 16.3. The second-order valence-electron chi connectivity index (χ2n) is 7.08. The van der Waals surface area contributed by atoms with Gasteiger partial charge in [0.05, 0.1) is 5.69 Å². The number of aromatic nitrogens is 3. The van der Waals surface area contributed by atoms with Crippen LogP contribution in [0.5, 0.6) is 0 Å². The van der Waals surface area contributed by atoms with E-state index >= 15 is 0 Å². The molecule has 1 fully saturated rings. The van der Waals surface area contributed by atoms with Gasteiger partial charge >= 0.3 is 5.56 Å². The van der Waals surface area contributed by atoms with Crippen molar-refractivity contribution >= 4 is 11.6 Å². The van der Waals surface area contributed by atoms with Crippen molar-refractivity contribution in [2.24, 2.45) is 4.99 Å². The standard InChI is InChI=1S/C21H23N5O2/c1-24-14-12-18(13-15-24)25-19(20(27)22-16-8-4-2-5-9-16)21(28)26(23-25)17-10-6-3-7-11-17/h2-11,18H,12-15H2,1H3,(H-,22,23,27,28). The first-order chi connectivity index (χ1) is 13.6. The molecular weight excluding hydrogens is 354 g/mol. The fourth-order valence-electron chi connectivity index (χ4n) is 3.55. The Morgan fingerprint density at radius 3 is 2.32 bits per heavy atom. The highest BCUT2D eigenvalue weighted by Gasteiger charge is 2.31. The zero-order valence-corrected chi connectivity index (χ0v) is 15.8. The number of hydrogen-bond donors (Lipinski definition) is 1. The topological polar surface area (TPSA) is 80.3 Å². The van der Waals surface area contributed by atoms with Gasteiger partial charge in [0.25, 0.3) is 0 Å². The van der Waals surface area contributed by atoms with Gasteiger partial charge in [-0.2, -0.15) is 4.68 Å². The smallest absolute Gasteiger partial charge is 0.406 e. The predicted octanol–water partition coefficient (Wildman–Crippen LogP) is 1.16. The first kappa shape index (κ1) is 18.2. The van der Waals surface area contributed by atoms with Crippen molar-refractivity contribution in [1.82, 2.24) is 14.8 Å². The summed E-state index contributed by atoms with van der Waals surface area (Å²) in [5, 5.41) is 16.1. The second kappa shape index (κ2) is 7.82. The minimum Gasteiger partial charge on any atom is -0.855 e. The number of likely N-dealkylation sites (tertiary alicyclic amines) is 1. The maximum absolute atomic E-state index is 13.1. The van der Waals surface area contributed by atoms with Crippen LogP contribution in [0.2, 0.25) is 0 Å². The first-order valence-corrected chi connectivity index (χ1v) is 9.45. The number of piperidine rings is 1. The number of H-pyrrole nitrogens is 1. The fraction of sp³-hybridized carbons (Fsp3) is 0.286. The molecule has 0 amide bonds. The Kier molecular flexibility index (Phi) is 5.08. The SMILES string of the molecule is CN1CCC([n+]2[nH]n(-c3ccccc3)c(=O)c2C([O-])=Nc2ccccc2)CC1. The van der Waals surface area contributed by atoms with Gasteiger partial charge in [0.15, 0.2) is 5.69 Å². The van der Waals surface area contributed by atoms with E-state index in [2.05, 4.69) is 22.2 Å². The molecule has 1 aliphatic heterocycles. The van der Waals surface area contributed by atoms with Crippen LogP contribution in [0, 0.1) is 0 Å². The van der Waals surface area contributed by atoms with Gasteiger partial charge in [0.1, 0.15) is 6.04 Å². The van der Waals surface area contributed by atoms with E-state index < -0.39 is 5.90 Å². The lowest BCUT2D eigenvalue weighted by Gasteiger charge is -2.27. The molecule has 4 rings (SSSR count). The van der Waals surface area contributed by atoms with Gasteiger partial charge in [-0.25, -0.2) is 4.79 Å². The molecule has 1 saturated heterocycles. The molecule has 2 heterocycles. The lowest BCUT2D eigenvalue weighted by Crippen LogP contribution is -2.53. The van der Waals surface area contributed by atoms with E-state index in [1.807, 2.05) is 48.5 Å². The molecule has 1 N–H and O–H groups in total. The quantitative estimate of drug-likeness (QED) is 0.421. The summed E-state index contributed by atoms with van der Waals surface area (Å²) in [7, 11) is 2.08. The van der Waals surface area contributed by atoms with Crippen molar-refractivity contribution in [3.05, 3.63) is 76.7 Å². The third kappa shape index (κ3) is 3.61. The Morgan fingerprint density at radius 2 is 1.68 bits per heavy atom. The number of aromatic amines is 1. The lowest BCUT2D eigenvalue weighted by molar-refractivity contribution is -0.782. The molecule has 1 aliphatic rings. The normalized spacial score (nSPS) is 16.4. The summed E-state index contributed by atoms with van der Waals surface area (Å²) in [5.41, 5.74) is 0.916. The number of nitrogens with zero attached hydrogens (tertiary/aromatic N) is 4. The Labute approximate surface area is 163 Å². The van der Waals surface area contributed by atoms with Crippen LogP contribution in [0.4, 0.5) is 5.69 Å². The van der Waals surface area contributed by atoms with Crippen molar-refractivity contribution in [3.8, 4) is 5.69 Å². The van der Waals surface area contributed by atoms with Gasteiger partial charge < -0.3 is 10.0 Å². The van der Waals surface area contributed by atoms with E-state index in [1.165, 1.54) is 4.68 Å². The molecule has 2 aromatic carbocycles. The molecular formula is C21H23N5O2. The second-order valence-corrected chi connectivity index (χ2v) is 7.08. The summed E-state index contributed by atoms with van der Waals surface area (Å²) in [6.45, 7) is 1.83. The zero-order chi connectivity index (χ0) is 19.5. The van der Waals surface area contributed by atoms with Crippen molar-refractivity contribution in [2.75, 3.05) is 20.1 Å². The maximum atomic E-state index is 13.1. The number of benzene rings is 2. The number of nitrogens with one attached hydrogen (secondary N) is 1. The van der Waals surface area contributed by atoms with Crippen LogP contribution < -0.4 is 15.3 Å². The van der Waals surface area contributed by atoms with Gasteiger partial charge in [-0.15, -0.1) is 0 Å². The minimum atomic E-state index is -0.527. The van der Waals surface area contributed by atoms with Crippen LogP contribution in [-0.4, -0.2) is 40.8 Å². The van der Waals surface area contributed by atoms with E-state index in [9.17, 15) is 9.90 Å². The molecule has 0 spiro atoms. The van der Waals surface area contributed by atoms with Gasteiger partial charge in [-0.3, -0.25) is 4.99 Å². The molecule has 0 bridgehead atoms. The van der Waals surface area contributed by atoms with Crippen LogP contribution in [-0.2, 0) is 0 Å². The fourth-order valence-corrected chi connectivity index (χ4v) is 3.55. The molecule has 28 heavy (non-hydrogen) atoms. The summed E-state index contributed by atoms with van der Waals surface area (Å²) in [4.78, 5) is 19.6. The van der Waals surface area contributed by atoms with E-state index in [-0.39, 0.29) is 17.3 Å². The number of para-hydroxylation sites is 2. The molecule has 0 radical (unpaired) electrons. The maximum Gasteiger partial charge on any atom is 0.406 e. The van der Waals surface area contributed by atoms with Gasteiger partial charge in [0, 0.05) is 31.8 Å². The molecule has 3 aromatic rings. The van der Waals surface area contributed by atoms with Crippen molar-refractivity contribution < 1.29 is 9.79 Å². The summed E-state index contributed by atoms with van der Waals surface area (Å²) < 4.78 is 3.14. The largest absolute Gasteiger partial charge is 0.855 e. The molecule has 7 heteroatoms. The number of aliphatic imine (C=N–C) groups is 1. The number of hydrogen-bond acceptors (Lipinski definition) is 4. The first-order valence-electron chi connectivity index (χ1n) is 9.45. The Morgan fingerprint density at radius 1 is 1.07 bits per heavy atom. The zero-order valence-electron chi connectivity index (χ0n) is 15.8. The van der Waals surface area contributed by atoms with Gasteiger partial charge in [-0.05, 0) is 31.3 Å². The summed E-state index contributed by atoms with van der Waals surface area (Å²) in [5.74, 6) is -0.527. The molecule has 0 aliphatic carbocycles. The Hall–Kier alpha value is -3.19. The van der Waals surface area contributed by atoms with E-state index in [0.717, 1.165) is 25.9 Å². The minimum absolute atomic E-state index is 0.0544. The third-order valence-corrected chi connectivity index (χ3v) is 5.11. The molecule has 0 saturated carbocycles. The summed E-state index contributed by atoms with van der Waals surface area (Å²) in [6.07, 6.45) is 1.73. The summed E-state index contributed by atoms with van der Waals surface area (Å²) in [6, 6.07) is 18.3. The van der Waals surface area contributed by atoms with Crippen molar-refractivity contribution in [1.29, 1.82) is 0 Å². The van der Waals surface area contributed by atoms with Crippen molar-refractivity contribution in [3.63, 3.8) is 0 Å². The van der Waals surface area contributed by atoms with Crippen LogP contribution in [0.15, 0.2) is 70.5 Å². The third-order valence-electron chi connectivity index (χ3n) is 5.11. The Balaban J connectivity index is 1.82. The molecule has 7 nitrogen and oxygen atoms in total. The monoisotopic (exact) mass is 377 g/mol. The average molecular weight is 377 g/mol. The molecule has 0 unspecified atom stereocenters. The molecule has 144 valence electrons. The van der Waals surface area contributed by atoms with E-state index in [4.69, 9.17) is 0 Å². The predicted molar refractivity (Wildman–Crippen MR) is 105 cm³/mol. The number of rotatable bonds is 4.